The third kappa shape index (κ3) is 4.35. The molecule has 116 valence electrons. The van der Waals surface area contributed by atoms with Crippen LogP contribution in [0.15, 0.2) is 36.4 Å². The molecular formula is C17H18Cl2N2S. The average molecular weight is 353 g/mol. The molecule has 2 aromatic carbocycles. The molecule has 0 saturated carbocycles. The molecule has 0 bridgehead atoms. The van der Waals surface area contributed by atoms with Crippen LogP contribution in [0.4, 0.5) is 5.69 Å². The molecule has 0 saturated heterocycles. The second-order valence-electron chi connectivity index (χ2n) is 5.30. The van der Waals surface area contributed by atoms with Crippen molar-refractivity contribution in [1.29, 1.82) is 0 Å². The van der Waals surface area contributed by atoms with Crippen molar-refractivity contribution in [3.05, 3.63) is 63.1 Å². The maximum absolute atomic E-state index is 6.13. The van der Waals surface area contributed by atoms with E-state index in [0.29, 0.717) is 20.8 Å². The number of nitrogens with one attached hydrogen (secondary N) is 2. The van der Waals surface area contributed by atoms with E-state index in [-0.39, 0.29) is 6.04 Å². The highest BCUT2D eigenvalue weighted by Crippen LogP contribution is 2.25. The van der Waals surface area contributed by atoms with E-state index in [2.05, 4.69) is 49.6 Å². The lowest BCUT2D eigenvalue weighted by Crippen LogP contribution is -2.31. The van der Waals surface area contributed by atoms with Crippen LogP contribution >= 0.6 is 35.4 Å². The summed E-state index contributed by atoms with van der Waals surface area (Å²) in [5.41, 5.74) is 4.40. The molecule has 2 aromatic rings. The van der Waals surface area contributed by atoms with Crippen molar-refractivity contribution >= 4 is 46.2 Å². The van der Waals surface area contributed by atoms with Gasteiger partial charge in [0.1, 0.15) is 0 Å². The predicted octanol–water partition coefficient (Wildman–Crippen LogP) is 5.66. The molecule has 0 aliphatic heterocycles. The zero-order valence-corrected chi connectivity index (χ0v) is 15.0. The number of hydrogen-bond acceptors (Lipinski definition) is 1. The Balaban J connectivity index is 2.06. The van der Waals surface area contributed by atoms with Crippen LogP contribution in [0.1, 0.15) is 29.7 Å². The molecule has 22 heavy (non-hydrogen) atoms. The first-order valence-corrected chi connectivity index (χ1v) is 8.13. The number of anilines is 1. The quantitative estimate of drug-likeness (QED) is 0.697. The fraction of sp³-hybridized carbons (Fsp3) is 0.235. The van der Waals surface area contributed by atoms with Gasteiger partial charge >= 0.3 is 0 Å². The Morgan fingerprint density at radius 3 is 2.50 bits per heavy atom. The summed E-state index contributed by atoms with van der Waals surface area (Å²) in [6.07, 6.45) is 0. The van der Waals surface area contributed by atoms with E-state index in [4.69, 9.17) is 35.4 Å². The number of benzene rings is 2. The van der Waals surface area contributed by atoms with E-state index in [1.807, 2.05) is 0 Å². The molecule has 1 atom stereocenters. The summed E-state index contributed by atoms with van der Waals surface area (Å²) in [7, 11) is 0. The summed E-state index contributed by atoms with van der Waals surface area (Å²) in [5.74, 6) is 0. The molecular weight excluding hydrogens is 335 g/mol. The first-order valence-electron chi connectivity index (χ1n) is 6.96. The lowest BCUT2D eigenvalue weighted by Gasteiger charge is -2.20. The van der Waals surface area contributed by atoms with E-state index in [0.717, 1.165) is 0 Å². The zero-order valence-electron chi connectivity index (χ0n) is 12.7. The van der Waals surface area contributed by atoms with E-state index >= 15 is 0 Å². The van der Waals surface area contributed by atoms with Crippen LogP contribution in [0.3, 0.4) is 0 Å². The summed E-state index contributed by atoms with van der Waals surface area (Å²) in [6, 6.07) is 11.7. The van der Waals surface area contributed by atoms with Crippen LogP contribution in [0.2, 0.25) is 10.0 Å². The molecule has 0 amide bonds. The second kappa shape index (κ2) is 7.32. The third-order valence-corrected chi connectivity index (χ3v) is 4.20. The highest BCUT2D eigenvalue weighted by atomic mass is 35.5. The monoisotopic (exact) mass is 352 g/mol. The van der Waals surface area contributed by atoms with Gasteiger partial charge in [-0.05, 0) is 62.3 Å². The number of aryl methyl sites for hydroxylation is 2. The summed E-state index contributed by atoms with van der Waals surface area (Å²) in [5, 5.41) is 8.05. The van der Waals surface area contributed by atoms with Crippen LogP contribution in [-0.4, -0.2) is 5.11 Å². The van der Waals surface area contributed by atoms with Crippen molar-refractivity contribution in [2.24, 2.45) is 0 Å². The van der Waals surface area contributed by atoms with Gasteiger partial charge in [-0.1, -0.05) is 47.0 Å². The van der Waals surface area contributed by atoms with Gasteiger partial charge in [-0.2, -0.15) is 0 Å². The van der Waals surface area contributed by atoms with Crippen molar-refractivity contribution in [2.45, 2.75) is 26.8 Å². The molecule has 0 heterocycles. The van der Waals surface area contributed by atoms with Gasteiger partial charge in [0, 0.05) is 5.02 Å². The molecule has 0 fully saturated rings. The fourth-order valence-corrected chi connectivity index (χ4v) is 2.96. The van der Waals surface area contributed by atoms with Gasteiger partial charge in [-0.3, -0.25) is 0 Å². The van der Waals surface area contributed by atoms with Gasteiger partial charge in [0.25, 0.3) is 0 Å². The van der Waals surface area contributed by atoms with Crippen LogP contribution in [0.25, 0.3) is 0 Å². The standard InChI is InChI=1S/C17H18Cl2N2S/c1-10-4-6-14(11(2)8-10)12(3)20-17(22)21-16-9-13(18)5-7-15(16)19/h4-9,12H,1-3H3,(H2,20,21,22). The Labute approximate surface area is 146 Å². The Morgan fingerprint density at radius 2 is 1.82 bits per heavy atom. The normalized spacial score (nSPS) is 11.9. The molecule has 2 N–H and O–H groups in total. The van der Waals surface area contributed by atoms with E-state index < -0.39 is 0 Å². The maximum atomic E-state index is 6.13. The summed E-state index contributed by atoms with van der Waals surface area (Å²) in [4.78, 5) is 0. The van der Waals surface area contributed by atoms with E-state index in [1.165, 1.54) is 16.7 Å². The third-order valence-electron chi connectivity index (χ3n) is 3.42. The lowest BCUT2D eigenvalue weighted by atomic mass is 10.0. The topological polar surface area (TPSA) is 24.1 Å². The minimum absolute atomic E-state index is 0.0959. The van der Waals surface area contributed by atoms with Crippen LogP contribution < -0.4 is 10.6 Å². The fourth-order valence-electron chi connectivity index (χ4n) is 2.34. The van der Waals surface area contributed by atoms with Gasteiger partial charge in [0.2, 0.25) is 0 Å². The lowest BCUT2D eigenvalue weighted by molar-refractivity contribution is 0.717. The smallest absolute Gasteiger partial charge is 0.171 e. The minimum atomic E-state index is 0.0959. The number of thiocarbonyl (C=S) groups is 1. The second-order valence-corrected chi connectivity index (χ2v) is 6.56. The molecule has 5 heteroatoms. The largest absolute Gasteiger partial charge is 0.356 e. The molecule has 2 rings (SSSR count). The number of hydrogen-bond donors (Lipinski definition) is 2. The molecule has 0 aromatic heterocycles. The Hall–Kier alpha value is -1.29. The minimum Gasteiger partial charge on any atom is -0.356 e. The molecule has 2 nitrogen and oxygen atoms in total. The molecule has 0 aliphatic rings. The summed E-state index contributed by atoms with van der Waals surface area (Å²) in [6.45, 7) is 6.26. The van der Waals surface area contributed by atoms with Crippen molar-refractivity contribution in [2.75, 3.05) is 5.32 Å². The molecule has 0 spiro atoms. The van der Waals surface area contributed by atoms with Gasteiger partial charge < -0.3 is 10.6 Å². The highest BCUT2D eigenvalue weighted by molar-refractivity contribution is 7.80. The molecule has 0 aliphatic carbocycles. The summed E-state index contributed by atoms with van der Waals surface area (Å²) < 4.78 is 0. The SMILES string of the molecule is Cc1ccc(C(C)NC(=S)Nc2cc(Cl)ccc2Cl)c(C)c1. The van der Waals surface area contributed by atoms with Gasteiger partial charge in [-0.15, -0.1) is 0 Å². The number of rotatable bonds is 3. The van der Waals surface area contributed by atoms with Gasteiger partial charge in [-0.25, -0.2) is 0 Å². The molecule has 1 unspecified atom stereocenters. The Morgan fingerprint density at radius 1 is 1.09 bits per heavy atom. The van der Waals surface area contributed by atoms with E-state index in [9.17, 15) is 0 Å². The van der Waals surface area contributed by atoms with Crippen LogP contribution in [0.5, 0.6) is 0 Å². The van der Waals surface area contributed by atoms with Crippen molar-refractivity contribution in [3.63, 3.8) is 0 Å². The first kappa shape index (κ1) is 17.1. The first-order chi connectivity index (χ1) is 10.4. The highest BCUT2D eigenvalue weighted by Gasteiger charge is 2.11. The summed E-state index contributed by atoms with van der Waals surface area (Å²) >= 11 is 17.5. The van der Waals surface area contributed by atoms with Crippen LogP contribution in [-0.2, 0) is 0 Å². The maximum Gasteiger partial charge on any atom is 0.171 e. The van der Waals surface area contributed by atoms with Gasteiger partial charge in [0.15, 0.2) is 5.11 Å². The predicted molar refractivity (Wildman–Crippen MR) is 100 cm³/mol. The van der Waals surface area contributed by atoms with Crippen molar-refractivity contribution in [3.8, 4) is 0 Å². The zero-order chi connectivity index (χ0) is 16.3. The van der Waals surface area contributed by atoms with Crippen molar-refractivity contribution < 1.29 is 0 Å². The Kier molecular flexibility index (Phi) is 5.68. The van der Waals surface area contributed by atoms with E-state index in [1.54, 1.807) is 18.2 Å². The van der Waals surface area contributed by atoms with Crippen molar-refractivity contribution in [1.82, 2.24) is 5.32 Å². The Bertz CT molecular complexity index is 701. The average Bonchev–Trinajstić information content (AvgIpc) is 2.42. The van der Waals surface area contributed by atoms with Gasteiger partial charge in [0.05, 0.1) is 16.8 Å². The van der Waals surface area contributed by atoms with Crippen LogP contribution in [0, 0.1) is 13.8 Å². The molecule has 0 radical (unpaired) electrons. The number of halogens is 2.